The molecule has 0 bridgehead atoms. The van der Waals surface area contributed by atoms with E-state index in [1.807, 2.05) is 0 Å². The van der Waals surface area contributed by atoms with Crippen LogP contribution in [-0.4, -0.2) is 13.1 Å². The molecule has 0 aliphatic heterocycles. The Morgan fingerprint density at radius 2 is 2.00 bits per heavy atom. The topological polar surface area (TPSA) is 60.8 Å². The molecule has 4 nitrogen and oxygen atoms in total. The third kappa shape index (κ3) is 10.0. The minimum atomic E-state index is 0.647. The minimum Gasteiger partial charge on any atom is -0.261 e. The summed E-state index contributed by atoms with van der Waals surface area (Å²) in [5.41, 5.74) is 7.95. The lowest BCUT2D eigenvalue weighted by atomic mass is 10.2. The normalized spacial score (nSPS) is 9.18. The number of rotatable bonds is 7. The van der Waals surface area contributed by atoms with Gasteiger partial charge in [-0.1, -0.05) is 18.0 Å². The molecule has 0 rings (SSSR count). The van der Waals surface area contributed by atoms with Crippen LogP contribution in [0.15, 0.2) is 5.11 Å². The van der Waals surface area contributed by atoms with Crippen LogP contribution in [0.5, 0.6) is 0 Å². The van der Waals surface area contributed by atoms with Gasteiger partial charge in [0.1, 0.15) is 0 Å². The highest BCUT2D eigenvalue weighted by molar-refractivity contribution is 14.1. The van der Waals surface area contributed by atoms with Crippen molar-refractivity contribution in [1.82, 2.24) is 3.53 Å². The van der Waals surface area contributed by atoms with Gasteiger partial charge >= 0.3 is 0 Å². The lowest BCUT2D eigenvalue weighted by Crippen LogP contribution is -1.99. The summed E-state index contributed by atoms with van der Waals surface area (Å²) in [5, 5.41) is 3.45. The number of unbranched alkanes of at least 4 members (excludes halogenated alkanes) is 3. The van der Waals surface area contributed by atoms with Gasteiger partial charge in [-0.05, 0) is 18.4 Å². The molecular weight excluding hydrogens is 255 g/mol. The van der Waals surface area contributed by atoms with E-state index in [9.17, 15) is 0 Å². The third-order valence-electron chi connectivity index (χ3n) is 1.34. The highest BCUT2D eigenvalue weighted by Gasteiger charge is 1.87. The maximum absolute atomic E-state index is 7.95. The summed E-state index contributed by atoms with van der Waals surface area (Å²) in [5.74, 6) is 0. The summed E-state index contributed by atoms with van der Waals surface area (Å²) in [6, 6.07) is 0. The van der Waals surface area contributed by atoms with E-state index in [1.54, 1.807) is 0 Å². The fourth-order valence-corrected chi connectivity index (χ4v) is 1.15. The van der Waals surface area contributed by atoms with Crippen LogP contribution in [0.2, 0.25) is 0 Å². The van der Waals surface area contributed by atoms with Gasteiger partial charge in [0.2, 0.25) is 0 Å². The van der Waals surface area contributed by atoms with Crippen LogP contribution < -0.4 is 3.53 Å². The van der Waals surface area contributed by atoms with Gasteiger partial charge in [0.05, 0.1) is 0 Å². The molecule has 5 heteroatoms. The zero-order valence-corrected chi connectivity index (χ0v) is 8.62. The fraction of sp³-hybridized carbons (Fsp3) is 1.00. The Bertz CT molecular complexity index is 122. The maximum Gasteiger partial charge on any atom is 0.0257 e. The largest absolute Gasteiger partial charge is 0.261 e. The van der Waals surface area contributed by atoms with Crippen LogP contribution in [0, 0.1) is 0 Å². The van der Waals surface area contributed by atoms with Crippen LogP contribution in [0.1, 0.15) is 25.7 Å². The van der Waals surface area contributed by atoms with E-state index in [0.717, 1.165) is 19.4 Å². The van der Waals surface area contributed by atoms with E-state index in [0.29, 0.717) is 6.54 Å². The minimum absolute atomic E-state index is 0.647. The zero-order chi connectivity index (χ0) is 8.36. The standard InChI is InChI=1S/C6H13IN4/c7-9-5-3-1-2-4-6-10-11-8/h9H,1-6H2. The Balaban J connectivity index is 2.84. The van der Waals surface area contributed by atoms with Gasteiger partial charge in [-0.15, -0.1) is 0 Å². The first kappa shape index (κ1) is 11.0. The predicted molar refractivity (Wildman–Crippen MR) is 54.5 cm³/mol. The molecule has 0 aliphatic carbocycles. The molecule has 11 heavy (non-hydrogen) atoms. The average Bonchev–Trinajstić information content (AvgIpc) is 2.03. The Morgan fingerprint density at radius 3 is 2.64 bits per heavy atom. The second kappa shape index (κ2) is 10.0. The van der Waals surface area contributed by atoms with Crippen LogP contribution in [0.25, 0.3) is 10.4 Å². The van der Waals surface area contributed by atoms with E-state index in [2.05, 4.69) is 36.4 Å². The summed E-state index contributed by atoms with van der Waals surface area (Å²) < 4.78 is 3.06. The van der Waals surface area contributed by atoms with E-state index < -0.39 is 0 Å². The Labute approximate surface area is 80.9 Å². The molecule has 0 atom stereocenters. The molecule has 0 saturated heterocycles. The predicted octanol–water partition coefficient (Wildman–Crippen LogP) is 2.80. The third-order valence-corrected chi connectivity index (χ3v) is 1.88. The number of nitrogens with one attached hydrogen (secondary N) is 1. The van der Waals surface area contributed by atoms with E-state index >= 15 is 0 Å². The first-order valence-corrected chi connectivity index (χ1v) is 4.84. The zero-order valence-electron chi connectivity index (χ0n) is 6.46. The lowest BCUT2D eigenvalue weighted by Gasteiger charge is -1.96. The first-order valence-electron chi connectivity index (χ1n) is 3.76. The summed E-state index contributed by atoms with van der Waals surface area (Å²) in [6.07, 6.45) is 4.61. The lowest BCUT2D eigenvalue weighted by molar-refractivity contribution is 0.646. The molecule has 0 aromatic carbocycles. The molecule has 0 unspecified atom stereocenters. The van der Waals surface area contributed by atoms with Gasteiger partial charge in [0.15, 0.2) is 0 Å². The molecule has 0 fully saturated rings. The van der Waals surface area contributed by atoms with Crippen molar-refractivity contribution < 1.29 is 0 Å². The summed E-state index contributed by atoms with van der Waals surface area (Å²) in [6.45, 7) is 1.72. The number of hydrogen-bond acceptors (Lipinski definition) is 2. The molecule has 0 aromatic heterocycles. The second-order valence-corrected chi connectivity index (χ2v) is 3.02. The van der Waals surface area contributed by atoms with Crippen molar-refractivity contribution in [3.8, 4) is 0 Å². The second-order valence-electron chi connectivity index (χ2n) is 2.25. The van der Waals surface area contributed by atoms with E-state index in [-0.39, 0.29) is 0 Å². The van der Waals surface area contributed by atoms with Crippen LogP contribution in [0.4, 0.5) is 0 Å². The number of azide groups is 1. The van der Waals surface area contributed by atoms with Crippen molar-refractivity contribution in [2.75, 3.05) is 13.1 Å². The van der Waals surface area contributed by atoms with Gasteiger partial charge in [0, 0.05) is 40.9 Å². The Hall–Kier alpha value is 0. The fourth-order valence-electron chi connectivity index (χ4n) is 0.773. The summed E-state index contributed by atoms with van der Waals surface area (Å²) in [4.78, 5) is 2.68. The molecule has 0 amide bonds. The molecule has 0 saturated carbocycles. The number of hydrogen-bond donors (Lipinski definition) is 1. The monoisotopic (exact) mass is 268 g/mol. The molecule has 0 heterocycles. The van der Waals surface area contributed by atoms with Crippen molar-refractivity contribution in [2.24, 2.45) is 5.11 Å². The summed E-state index contributed by atoms with van der Waals surface area (Å²) >= 11 is 2.15. The summed E-state index contributed by atoms with van der Waals surface area (Å²) in [7, 11) is 0. The average molecular weight is 268 g/mol. The van der Waals surface area contributed by atoms with Crippen LogP contribution in [0.3, 0.4) is 0 Å². The highest BCUT2D eigenvalue weighted by Crippen LogP contribution is 1.99. The molecule has 64 valence electrons. The Kier molecular flexibility index (Phi) is 10.0. The van der Waals surface area contributed by atoms with Crippen molar-refractivity contribution in [1.29, 1.82) is 0 Å². The van der Waals surface area contributed by atoms with Crippen molar-refractivity contribution in [2.45, 2.75) is 25.7 Å². The van der Waals surface area contributed by atoms with Gasteiger partial charge in [-0.2, -0.15) is 0 Å². The van der Waals surface area contributed by atoms with Crippen LogP contribution in [-0.2, 0) is 0 Å². The SMILES string of the molecule is [N-]=[N+]=NCCCCCCNI. The van der Waals surface area contributed by atoms with Crippen molar-refractivity contribution in [3.05, 3.63) is 10.4 Å². The van der Waals surface area contributed by atoms with E-state index in [1.165, 1.54) is 12.8 Å². The van der Waals surface area contributed by atoms with Gasteiger partial charge in [-0.25, -0.2) is 0 Å². The van der Waals surface area contributed by atoms with Gasteiger partial charge in [-0.3, -0.25) is 3.53 Å². The Morgan fingerprint density at radius 1 is 1.27 bits per heavy atom. The van der Waals surface area contributed by atoms with Crippen LogP contribution >= 0.6 is 22.9 Å². The molecule has 0 aliphatic rings. The quantitative estimate of drug-likeness (QED) is 0.189. The molecular formula is C6H13IN4. The first-order chi connectivity index (χ1) is 5.41. The van der Waals surface area contributed by atoms with E-state index in [4.69, 9.17) is 5.53 Å². The molecule has 0 aromatic rings. The molecule has 0 radical (unpaired) electrons. The maximum atomic E-state index is 7.95. The van der Waals surface area contributed by atoms with Gasteiger partial charge in [0.25, 0.3) is 0 Å². The van der Waals surface area contributed by atoms with Crippen molar-refractivity contribution in [3.63, 3.8) is 0 Å². The van der Waals surface area contributed by atoms with Gasteiger partial charge < -0.3 is 0 Å². The van der Waals surface area contributed by atoms with Crippen molar-refractivity contribution >= 4 is 22.9 Å². The smallest absolute Gasteiger partial charge is 0.0257 e. The number of nitrogens with zero attached hydrogens (tertiary/aromatic N) is 3. The molecule has 1 N–H and O–H groups in total. The molecule has 0 spiro atoms. The highest BCUT2D eigenvalue weighted by atomic mass is 127. The number of halogens is 1.